The molecule has 118 valence electrons. The van der Waals surface area contributed by atoms with Crippen molar-refractivity contribution in [2.75, 3.05) is 10.6 Å². The minimum absolute atomic E-state index is 0.0582. The Balaban J connectivity index is 1.71. The van der Waals surface area contributed by atoms with Gasteiger partial charge in [0.05, 0.1) is 0 Å². The first-order chi connectivity index (χ1) is 11.0. The van der Waals surface area contributed by atoms with Crippen molar-refractivity contribution in [2.24, 2.45) is 5.92 Å². The van der Waals surface area contributed by atoms with Crippen molar-refractivity contribution in [3.63, 3.8) is 0 Å². The van der Waals surface area contributed by atoms with E-state index in [0.29, 0.717) is 16.9 Å². The van der Waals surface area contributed by atoms with E-state index in [1.807, 2.05) is 50.2 Å². The predicted octanol–water partition coefficient (Wildman–Crippen LogP) is 3.90. The predicted molar refractivity (Wildman–Crippen MR) is 91.7 cm³/mol. The van der Waals surface area contributed by atoms with Gasteiger partial charge in [-0.1, -0.05) is 23.8 Å². The van der Waals surface area contributed by atoms with Gasteiger partial charge in [-0.15, -0.1) is 0 Å². The van der Waals surface area contributed by atoms with E-state index in [0.717, 1.165) is 24.0 Å². The fourth-order valence-electron chi connectivity index (χ4n) is 2.53. The van der Waals surface area contributed by atoms with E-state index in [1.54, 1.807) is 6.07 Å². The van der Waals surface area contributed by atoms with Crippen LogP contribution in [0, 0.1) is 19.8 Å². The van der Waals surface area contributed by atoms with Gasteiger partial charge in [0.1, 0.15) is 0 Å². The summed E-state index contributed by atoms with van der Waals surface area (Å²) in [6.07, 6.45) is 1.93. The second-order valence-electron chi connectivity index (χ2n) is 6.12. The van der Waals surface area contributed by atoms with Crippen molar-refractivity contribution in [1.82, 2.24) is 0 Å². The van der Waals surface area contributed by atoms with E-state index >= 15 is 0 Å². The van der Waals surface area contributed by atoms with Gasteiger partial charge in [0.25, 0.3) is 5.91 Å². The zero-order valence-corrected chi connectivity index (χ0v) is 13.3. The Kier molecular flexibility index (Phi) is 4.15. The lowest BCUT2D eigenvalue weighted by Gasteiger charge is -2.10. The van der Waals surface area contributed by atoms with Crippen molar-refractivity contribution in [1.29, 1.82) is 0 Å². The lowest BCUT2D eigenvalue weighted by molar-refractivity contribution is -0.117. The van der Waals surface area contributed by atoms with Gasteiger partial charge >= 0.3 is 0 Å². The van der Waals surface area contributed by atoms with Crippen LogP contribution in [-0.4, -0.2) is 11.8 Å². The molecule has 3 rings (SSSR count). The summed E-state index contributed by atoms with van der Waals surface area (Å²) >= 11 is 0. The van der Waals surface area contributed by atoms with Crippen molar-refractivity contribution in [2.45, 2.75) is 26.7 Å². The Morgan fingerprint density at radius 3 is 2.30 bits per heavy atom. The first kappa shape index (κ1) is 15.3. The topological polar surface area (TPSA) is 58.2 Å². The minimum atomic E-state index is -0.145. The summed E-state index contributed by atoms with van der Waals surface area (Å²) in [6.45, 7) is 3.93. The van der Waals surface area contributed by atoms with Crippen molar-refractivity contribution in [3.05, 3.63) is 59.2 Å². The highest BCUT2D eigenvalue weighted by Crippen LogP contribution is 2.30. The van der Waals surface area contributed by atoms with Crippen molar-refractivity contribution in [3.8, 4) is 0 Å². The molecule has 0 spiro atoms. The fourth-order valence-corrected chi connectivity index (χ4v) is 2.53. The highest BCUT2D eigenvalue weighted by atomic mass is 16.2. The maximum atomic E-state index is 12.4. The van der Waals surface area contributed by atoms with Gasteiger partial charge in [0, 0.05) is 22.9 Å². The summed E-state index contributed by atoms with van der Waals surface area (Å²) in [5.74, 6) is 0.0690. The molecular formula is C19H20N2O2. The number of anilines is 2. The highest BCUT2D eigenvalue weighted by molar-refractivity contribution is 6.05. The summed E-state index contributed by atoms with van der Waals surface area (Å²) in [5, 5.41) is 5.77. The van der Waals surface area contributed by atoms with Crippen molar-refractivity contribution >= 4 is 23.2 Å². The largest absolute Gasteiger partial charge is 0.326 e. The van der Waals surface area contributed by atoms with Crippen LogP contribution in [0.2, 0.25) is 0 Å². The van der Waals surface area contributed by atoms with Gasteiger partial charge in [-0.25, -0.2) is 0 Å². The van der Waals surface area contributed by atoms with Gasteiger partial charge in [-0.2, -0.15) is 0 Å². The maximum Gasteiger partial charge on any atom is 0.255 e. The second kappa shape index (κ2) is 6.24. The lowest BCUT2D eigenvalue weighted by atomic mass is 10.1. The third kappa shape index (κ3) is 3.77. The van der Waals surface area contributed by atoms with E-state index < -0.39 is 0 Å². The molecule has 2 N–H and O–H groups in total. The highest BCUT2D eigenvalue weighted by Gasteiger charge is 2.29. The molecule has 23 heavy (non-hydrogen) atoms. The third-order valence-electron chi connectivity index (χ3n) is 3.96. The average Bonchev–Trinajstić information content (AvgIpc) is 3.32. The lowest BCUT2D eigenvalue weighted by Crippen LogP contribution is -2.15. The van der Waals surface area contributed by atoms with Crippen LogP contribution in [0.4, 0.5) is 11.4 Å². The van der Waals surface area contributed by atoms with Gasteiger partial charge in [0.15, 0.2) is 0 Å². The number of carbonyl (C=O) groups excluding carboxylic acids is 2. The number of benzene rings is 2. The standard InChI is InChI=1S/C19H20N2O2/c1-12-6-9-17(13(2)10-12)19(23)21-16-5-3-4-15(11-16)20-18(22)14-7-8-14/h3-6,9-11,14H,7-8H2,1-2H3,(H,20,22)(H,21,23). The summed E-state index contributed by atoms with van der Waals surface area (Å²) in [4.78, 5) is 24.2. The summed E-state index contributed by atoms with van der Waals surface area (Å²) in [7, 11) is 0. The summed E-state index contributed by atoms with van der Waals surface area (Å²) < 4.78 is 0. The Morgan fingerprint density at radius 2 is 1.65 bits per heavy atom. The average molecular weight is 308 g/mol. The van der Waals surface area contributed by atoms with Gasteiger partial charge in [-0.05, 0) is 56.5 Å². The molecule has 1 aliphatic carbocycles. The molecule has 2 amide bonds. The van der Waals surface area contributed by atoms with Gasteiger partial charge in [-0.3, -0.25) is 9.59 Å². The minimum Gasteiger partial charge on any atom is -0.326 e. The molecule has 1 fully saturated rings. The SMILES string of the molecule is Cc1ccc(C(=O)Nc2cccc(NC(=O)C3CC3)c2)c(C)c1. The Labute approximate surface area is 135 Å². The molecule has 0 unspecified atom stereocenters. The molecule has 1 aliphatic rings. The molecule has 0 aliphatic heterocycles. The molecule has 1 saturated carbocycles. The molecule has 0 radical (unpaired) electrons. The van der Waals surface area contributed by atoms with Gasteiger partial charge in [0.2, 0.25) is 5.91 Å². The van der Waals surface area contributed by atoms with E-state index in [1.165, 1.54) is 0 Å². The third-order valence-corrected chi connectivity index (χ3v) is 3.96. The molecule has 0 aromatic heterocycles. The monoisotopic (exact) mass is 308 g/mol. The number of amides is 2. The molecule has 2 aromatic carbocycles. The van der Waals surface area contributed by atoms with Crippen LogP contribution in [0.25, 0.3) is 0 Å². The molecule has 0 heterocycles. The van der Waals surface area contributed by atoms with Gasteiger partial charge < -0.3 is 10.6 Å². The summed E-state index contributed by atoms with van der Waals surface area (Å²) in [6, 6.07) is 13.0. The number of hydrogen-bond donors (Lipinski definition) is 2. The zero-order chi connectivity index (χ0) is 16.4. The van der Waals surface area contributed by atoms with Crippen LogP contribution in [0.15, 0.2) is 42.5 Å². The molecule has 0 atom stereocenters. The smallest absolute Gasteiger partial charge is 0.255 e. The van der Waals surface area contributed by atoms with Crippen LogP contribution in [0.3, 0.4) is 0 Å². The van der Waals surface area contributed by atoms with Crippen molar-refractivity contribution < 1.29 is 9.59 Å². The molecule has 0 saturated heterocycles. The van der Waals surface area contributed by atoms with E-state index in [-0.39, 0.29) is 17.7 Å². The van der Waals surface area contributed by atoms with E-state index in [2.05, 4.69) is 10.6 Å². The second-order valence-corrected chi connectivity index (χ2v) is 6.12. The first-order valence-electron chi connectivity index (χ1n) is 7.82. The molecule has 0 bridgehead atoms. The van der Waals surface area contributed by atoms with Crippen LogP contribution in [0.1, 0.15) is 34.3 Å². The fraction of sp³-hybridized carbons (Fsp3) is 0.263. The van der Waals surface area contributed by atoms with Crippen LogP contribution in [0.5, 0.6) is 0 Å². The number of rotatable bonds is 4. The Morgan fingerprint density at radius 1 is 0.957 bits per heavy atom. The number of hydrogen-bond acceptors (Lipinski definition) is 2. The molecular weight excluding hydrogens is 288 g/mol. The number of carbonyl (C=O) groups is 2. The first-order valence-corrected chi connectivity index (χ1v) is 7.82. The quantitative estimate of drug-likeness (QED) is 0.900. The molecule has 2 aromatic rings. The van der Waals surface area contributed by atoms with Crippen LogP contribution < -0.4 is 10.6 Å². The molecule has 4 heteroatoms. The van der Waals surface area contributed by atoms with Crippen LogP contribution >= 0.6 is 0 Å². The van der Waals surface area contributed by atoms with E-state index in [9.17, 15) is 9.59 Å². The normalized spacial score (nSPS) is 13.5. The maximum absolute atomic E-state index is 12.4. The Hall–Kier alpha value is -2.62. The number of aryl methyl sites for hydroxylation is 2. The van der Waals surface area contributed by atoms with Crippen LogP contribution in [-0.2, 0) is 4.79 Å². The zero-order valence-electron chi connectivity index (χ0n) is 13.3. The Bertz CT molecular complexity index is 764. The summed E-state index contributed by atoms with van der Waals surface area (Å²) in [5.41, 5.74) is 4.11. The van der Waals surface area contributed by atoms with E-state index in [4.69, 9.17) is 0 Å². The number of nitrogens with one attached hydrogen (secondary N) is 2. The molecule has 4 nitrogen and oxygen atoms in total.